The molecule has 0 fully saturated rings. The molecule has 0 bridgehead atoms. The lowest BCUT2D eigenvalue weighted by molar-refractivity contribution is 0.180. The quantitative estimate of drug-likeness (QED) is 0.518. The van der Waals surface area contributed by atoms with Crippen molar-refractivity contribution in [1.29, 1.82) is 0 Å². The fraction of sp³-hybridized carbons (Fsp3) is 0.846. The fourth-order valence-corrected chi connectivity index (χ4v) is 8.69. The van der Waals surface area contributed by atoms with Gasteiger partial charge >= 0.3 is 17.1 Å². The summed E-state index contributed by atoms with van der Waals surface area (Å²) >= 11 is 0. The van der Waals surface area contributed by atoms with Gasteiger partial charge in [-0.25, -0.2) is 0 Å². The molecule has 0 aliphatic carbocycles. The third-order valence-corrected chi connectivity index (χ3v) is 9.50. The Kier molecular flexibility index (Phi) is 9.85. The Hall–Kier alpha value is 0.0138. The minimum absolute atomic E-state index is 0.653. The maximum Gasteiger partial charge on any atom is 0.364 e. The van der Waals surface area contributed by atoms with Gasteiger partial charge in [0, 0.05) is 26.4 Å². The summed E-state index contributed by atoms with van der Waals surface area (Å²) in [5.41, 5.74) is 1.88. The Morgan fingerprint density at radius 3 is 1.53 bits per heavy atom. The molecule has 0 heterocycles. The molecule has 19 heavy (non-hydrogen) atoms. The molecule has 0 aliphatic heterocycles. The van der Waals surface area contributed by atoms with Gasteiger partial charge in [0.15, 0.2) is 0 Å². The van der Waals surface area contributed by atoms with E-state index in [1.54, 1.807) is 0 Å². The lowest BCUT2D eigenvalue weighted by Crippen LogP contribution is -2.45. The maximum atomic E-state index is 5.88. The average molecular weight is 307 g/mol. The van der Waals surface area contributed by atoms with Crippen LogP contribution >= 0.6 is 0 Å². The van der Waals surface area contributed by atoms with E-state index >= 15 is 0 Å². The highest BCUT2D eigenvalue weighted by atomic mass is 28.4. The van der Waals surface area contributed by atoms with Gasteiger partial charge in [-0.1, -0.05) is 0 Å². The standard InChI is InChI=1S/C13H30O4Si2/c1-7-14-18(6,15-8-2)12-13-19(11-5,16-9-3)17-10-4/h11H,5,7-10,12-13H2,1-4,6H3. The van der Waals surface area contributed by atoms with E-state index in [4.69, 9.17) is 17.7 Å². The van der Waals surface area contributed by atoms with Crippen molar-refractivity contribution in [2.45, 2.75) is 46.3 Å². The van der Waals surface area contributed by atoms with Crippen LogP contribution in [0.1, 0.15) is 27.7 Å². The third kappa shape index (κ3) is 6.83. The Bertz CT molecular complexity index is 237. The van der Waals surface area contributed by atoms with Crippen LogP contribution in [-0.4, -0.2) is 43.5 Å². The van der Waals surface area contributed by atoms with Gasteiger partial charge in [-0.2, -0.15) is 0 Å². The minimum atomic E-state index is -2.30. The van der Waals surface area contributed by atoms with Gasteiger partial charge < -0.3 is 17.7 Å². The lowest BCUT2D eigenvalue weighted by Gasteiger charge is -2.31. The molecule has 0 aromatic heterocycles. The van der Waals surface area contributed by atoms with E-state index in [1.807, 2.05) is 33.4 Å². The maximum absolute atomic E-state index is 5.88. The van der Waals surface area contributed by atoms with E-state index in [9.17, 15) is 0 Å². The van der Waals surface area contributed by atoms with Gasteiger partial charge in [0.25, 0.3) is 0 Å². The molecular formula is C13H30O4Si2. The van der Waals surface area contributed by atoms with Crippen LogP contribution in [-0.2, 0) is 17.7 Å². The molecule has 0 spiro atoms. The first kappa shape index (κ1) is 19.0. The first-order valence-electron chi connectivity index (χ1n) is 7.20. The molecule has 0 aromatic rings. The van der Waals surface area contributed by atoms with E-state index < -0.39 is 17.1 Å². The van der Waals surface area contributed by atoms with Crippen molar-refractivity contribution in [2.75, 3.05) is 26.4 Å². The van der Waals surface area contributed by atoms with Gasteiger partial charge in [0.05, 0.1) is 0 Å². The van der Waals surface area contributed by atoms with Crippen LogP contribution in [0.2, 0.25) is 18.6 Å². The van der Waals surface area contributed by atoms with Gasteiger partial charge in [-0.3, -0.25) is 0 Å². The molecule has 0 unspecified atom stereocenters. The van der Waals surface area contributed by atoms with Crippen LogP contribution in [0.5, 0.6) is 0 Å². The monoisotopic (exact) mass is 306 g/mol. The topological polar surface area (TPSA) is 36.9 Å². The molecule has 0 saturated heterocycles. The highest BCUT2D eigenvalue weighted by molar-refractivity contribution is 6.75. The zero-order valence-corrected chi connectivity index (χ0v) is 15.2. The molecule has 0 aliphatic rings. The molecule has 0 rings (SSSR count). The van der Waals surface area contributed by atoms with E-state index in [0.29, 0.717) is 26.4 Å². The summed E-state index contributed by atoms with van der Waals surface area (Å²) in [5, 5.41) is 0. The number of rotatable bonds is 12. The van der Waals surface area contributed by atoms with Crippen LogP contribution in [0, 0.1) is 0 Å². The second-order valence-electron chi connectivity index (χ2n) is 4.38. The van der Waals surface area contributed by atoms with Crippen molar-refractivity contribution in [3.63, 3.8) is 0 Å². The number of hydrogen-bond acceptors (Lipinski definition) is 4. The van der Waals surface area contributed by atoms with Gasteiger partial charge in [-0.05, 0) is 52.0 Å². The van der Waals surface area contributed by atoms with Crippen molar-refractivity contribution in [2.24, 2.45) is 0 Å². The van der Waals surface area contributed by atoms with E-state index in [1.165, 1.54) is 0 Å². The smallest absolute Gasteiger partial charge is 0.364 e. The summed E-state index contributed by atoms with van der Waals surface area (Å²) in [5.74, 6) is 0. The first-order chi connectivity index (χ1) is 9.01. The van der Waals surface area contributed by atoms with Gasteiger partial charge in [0.1, 0.15) is 0 Å². The summed E-state index contributed by atoms with van der Waals surface area (Å²) in [7, 11) is -4.41. The van der Waals surface area contributed by atoms with Gasteiger partial charge in [0.2, 0.25) is 0 Å². The summed E-state index contributed by atoms with van der Waals surface area (Å²) in [4.78, 5) is 0. The van der Waals surface area contributed by atoms with Crippen molar-refractivity contribution in [1.82, 2.24) is 0 Å². The van der Waals surface area contributed by atoms with Crippen LogP contribution in [0.3, 0.4) is 0 Å². The van der Waals surface area contributed by atoms with E-state index in [2.05, 4.69) is 13.1 Å². The summed E-state index contributed by atoms with van der Waals surface area (Å²) in [6.07, 6.45) is 0. The van der Waals surface area contributed by atoms with Crippen LogP contribution < -0.4 is 0 Å². The summed E-state index contributed by atoms with van der Waals surface area (Å²) < 4.78 is 23.5. The Morgan fingerprint density at radius 2 is 1.21 bits per heavy atom. The van der Waals surface area contributed by atoms with Crippen LogP contribution in [0.4, 0.5) is 0 Å². The first-order valence-corrected chi connectivity index (χ1v) is 11.8. The highest BCUT2D eigenvalue weighted by Gasteiger charge is 2.39. The molecular weight excluding hydrogens is 276 g/mol. The van der Waals surface area contributed by atoms with E-state index in [0.717, 1.165) is 12.1 Å². The largest absolute Gasteiger partial charge is 0.395 e. The molecule has 0 radical (unpaired) electrons. The zero-order chi connectivity index (χ0) is 14.8. The van der Waals surface area contributed by atoms with Crippen molar-refractivity contribution in [3.8, 4) is 0 Å². The lowest BCUT2D eigenvalue weighted by atomic mass is 10.9. The molecule has 4 nitrogen and oxygen atoms in total. The second-order valence-corrected chi connectivity index (χ2v) is 10.8. The van der Waals surface area contributed by atoms with E-state index in [-0.39, 0.29) is 0 Å². The molecule has 0 amide bonds. The SMILES string of the molecule is C=C[Si](CC[Si](C)(OCC)OCC)(OCC)OCC. The average Bonchev–Trinajstić information content (AvgIpc) is 2.37. The Labute approximate surface area is 120 Å². The van der Waals surface area contributed by atoms with Crippen LogP contribution in [0.15, 0.2) is 12.3 Å². The minimum Gasteiger partial charge on any atom is -0.395 e. The second kappa shape index (κ2) is 9.85. The normalized spacial score (nSPS) is 12.7. The predicted octanol–water partition coefficient (Wildman–Crippen LogP) is 3.37. The zero-order valence-electron chi connectivity index (χ0n) is 13.2. The molecule has 114 valence electrons. The molecule has 0 saturated carbocycles. The molecule has 0 aromatic carbocycles. The predicted molar refractivity (Wildman–Crippen MR) is 83.7 cm³/mol. The Morgan fingerprint density at radius 1 is 0.789 bits per heavy atom. The van der Waals surface area contributed by atoms with Crippen molar-refractivity contribution in [3.05, 3.63) is 12.3 Å². The number of hydrogen-bond donors (Lipinski definition) is 0. The van der Waals surface area contributed by atoms with Gasteiger partial charge in [-0.15, -0.1) is 6.58 Å². The third-order valence-electron chi connectivity index (χ3n) is 2.92. The molecule has 6 heteroatoms. The highest BCUT2D eigenvalue weighted by Crippen LogP contribution is 2.25. The van der Waals surface area contributed by atoms with Crippen molar-refractivity contribution >= 4 is 17.1 Å². The summed E-state index contributed by atoms with van der Waals surface area (Å²) in [6.45, 7) is 16.7. The molecule has 0 atom stereocenters. The fourth-order valence-electron chi connectivity index (χ4n) is 2.09. The summed E-state index contributed by atoms with van der Waals surface area (Å²) in [6, 6.07) is 1.73. The van der Waals surface area contributed by atoms with Crippen molar-refractivity contribution < 1.29 is 17.7 Å². The Balaban J connectivity index is 4.69. The molecule has 0 N–H and O–H groups in total. The van der Waals surface area contributed by atoms with Crippen LogP contribution in [0.25, 0.3) is 0 Å².